The van der Waals surface area contributed by atoms with Gasteiger partial charge in [0.2, 0.25) is 0 Å². The second-order valence-electron chi connectivity index (χ2n) is 4.28. The van der Waals surface area contributed by atoms with Gasteiger partial charge in [0.15, 0.2) is 0 Å². The largest absolute Gasteiger partial charge is 0.317 e. The molecule has 0 saturated carbocycles. The fourth-order valence-electron chi connectivity index (χ4n) is 1.89. The van der Waals surface area contributed by atoms with E-state index >= 15 is 0 Å². The van der Waals surface area contributed by atoms with E-state index in [-0.39, 0.29) is 0 Å². The van der Waals surface area contributed by atoms with Crippen molar-refractivity contribution in [1.29, 1.82) is 0 Å². The quantitative estimate of drug-likeness (QED) is 0.682. The third kappa shape index (κ3) is 3.57. The standard InChI is InChI=1S/C11H23N/c1-3-10(2)4-5-11-6-8-12-9-7-11/h10-12H,3-9H2,1-2H3. The van der Waals surface area contributed by atoms with E-state index in [9.17, 15) is 0 Å². The second-order valence-corrected chi connectivity index (χ2v) is 4.28. The minimum absolute atomic E-state index is 0.944. The molecule has 0 aromatic rings. The van der Waals surface area contributed by atoms with E-state index in [1.807, 2.05) is 0 Å². The van der Waals surface area contributed by atoms with Gasteiger partial charge < -0.3 is 5.32 Å². The average molecular weight is 169 g/mol. The molecule has 1 heterocycles. The van der Waals surface area contributed by atoms with E-state index in [4.69, 9.17) is 0 Å². The van der Waals surface area contributed by atoms with Gasteiger partial charge in [-0.2, -0.15) is 0 Å². The van der Waals surface area contributed by atoms with Crippen LogP contribution in [0.25, 0.3) is 0 Å². The highest BCUT2D eigenvalue weighted by Crippen LogP contribution is 2.21. The van der Waals surface area contributed by atoms with Crippen molar-refractivity contribution in [3.8, 4) is 0 Å². The number of piperidine rings is 1. The SMILES string of the molecule is CCC(C)CCC1CCNCC1. The fourth-order valence-corrected chi connectivity index (χ4v) is 1.89. The molecule has 0 spiro atoms. The Morgan fingerprint density at radius 3 is 2.58 bits per heavy atom. The molecule has 1 atom stereocenters. The molecule has 1 heteroatoms. The van der Waals surface area contributed by atoms with Gasteiger partial charge in [-0.05, 0) is 37.8 Å². The zero-order valence-corrected chi connectivity index (χ0v) is 8.60. The van der Waals surface area contributed by atoms with Crippen molar-refractivity contribution < 1.29 is 0 Å². The van der Waals surface area contributed by atoms with Crippen LogP contribution in [0, 0.1) is 11.8 Å². The van der Waals surface area contributed by atoms with Crippen LogP contribution in [-0.4, -0.2) is 13.1 Å². The van der Waals surface area contributed by atoms with Crippen LogP contribution in [-0.2, 0) is 0 Å². The molecule has 0 radical (unpaired) electrons. The van der Waals surface area contributed by atoms with Crippen molar-refractivity contribution in [3.63, 3.8) is 0 Å². The summed E-state index contributed by atoms with van der Waals surface area (Å²) >= 11 is 0. The predicted octanol–water partition coefficient (Wildman–Crippen LogP) is 2.81. The van der Waals surface area contributed by atoms with Gasteiger partial charge in [-0.15, -0.1) is 0 Å². The van der Waals surface area contributed by atoms with E-state index in [0.717, 1.165) is 11.8 Å². The zero-order valence-electron chi connectivity index (χ0n) is 8.60. The first kappa shape index (κ1) is 10.0. The van der Waals surface area contributed by atoms with Crippen LogP contribution < -0.4 is 5.32 Å². The van der Waals surface area contributed by atoms with Crippen LogP contribution in [0.1, 0.15) is 46.0 Å². The lowest BCUT2D eigenvalue weighted by atomic mass is 9.89. The van der Waals surface area contributed by atoms with Crippen LogP contribution >= 0.6 is 0 Å². The molecule has 1 rings (SSSR count). The smallest absolute Gasteiger partial charge is 0.00463 e. The molecule has 0 amide bonds. The third-order valence-electron chi connectivity index (χ3n) is 3.22. The van der Waals surface area contributed by atoms with E-state index in [0.29, 0.717) is 0 Å². The summed E-state index contributed by atoms with van der Waals surface area (Å²) < 4.78 is 0. The highest BCUT2D eigenvalue weighted by atomic mass is 14.9. The Labute approximate surface area is 76.9 Å². The van der Waals surface area contributed by atoms with E-state index in [1.165, 1.54) is 45.2 Å². The lowest BCUT2D eigenvalue weighted by molar-refractivity contribution is 0.323. The van der Waals surface area contributed by atoms with Crippen molar-refractivity contribution in [2.75, 3.05) is 13.1 Å². The predicted molar refractivity (Wildman–Crippen MR) is 54.3 cm³/mol. The van der Waals surface area contributed by atoms with Gasteiger partial charge >= 0.3 is 0 Å². The van der Waals surface area contributed by atoms with Crippen LogP contribution in [0.3, 0.4) is 0 Å². The summed E-state index contributed by atoms with van der Waals surface area (Å²) in [7, 11) is 0. The van der Waals surface area contributed by atoms with Gasteiger partial charge in [0.05, 0.1) is 0 Å². The molecule has 1 aliphatic heterocycles. The molecular formula is C11H23N. The number of nitrogens with one attached hydrogen (secondary N) is 1. The molecule has 1 nitrogen and oxygen atoms in total. The highest BCUT2D eigenvalue weighted by Gasteiger charge is 2.13. The van der Waals surface area contributed by atoms with Crippen LogP contribution in [0.15, 0.2) is 0 Å². The number of hydrogen-bond donors (Lipinski definition) is 1. The van der Waals surface area contributed by atoms with Gasteiger partial charge in [-0.1, -0.05) is 33.1 Å². The Bertz CT molecular complexity index is 106. The van der Waals surface area contributed by atoms with E-state index in [1.54, 1.807) is 0 Å². The van der Waals surface area contributed by atoms with Crippen molar-refractivity contribution in [2.24, 2.45) is 11.8 Å². The summed E-state index contributed by atoms with van der Waals surface area (Å²) in [6.07, 6.45) is 7.09. The molecule has 0 aromatic heterocycles. The minimum Gasteiger partial charge on any atom is -0.317 e. The molecule has 0 aliphatic carbocycles. The average Bonchev–Trinajstić information content (AvgIpc) is 2.16. The minimum atomic E-state index is 0.944. The summed E-state index contributed by atoms with van der Waals surface area (Å²) in [6.45, 7) is 7.19. The van der Waals surface area contributed by atoms with Crippen molar-refractivity contribution in [3.05, 3.63) is 0 Å². The monoisotopic (exact) mass is 169 g/mol. The lowest BCUT2D eigenvalue weighted by Gasteiger charge is -2.23. The van der Waals surface area contributed by atoms with Crippen molar-refractivity contribution >= 4 is 0 Å². The van der Waals surface area contributed by atoms with Gasteiger partial charge in [0, 0.05) is 0 Å². The summed E-state index contributed by atoms with van der Waals surface area (Å²) in [5.74, 6) is 1.97. The first-order valence-electron chi connectivity index (χ1n) is 5.53. The Balaban J connectivity index is 2.05. The van der Waals surface area contributed by atoms with Crippen LogP contribution in [0.5, 0.6) is 0 Å². The molecule has 0 aromatic carbocycles. The summed E-state index contributed by atoms with van der Waals surface area (Å²) in [5.41, 5.74) is 0. The molecule has 12 heavy (non-hydrogen) atoms. The molecule has 1 saturated heterocycles. The number of hydrogen-bond acceptors (Lipinski definition) is 1. The van der Waals surface area contributed by atoms with Crippen LogP contribution in [0.2, 0.25) is 0 Å². The first-order valence-corrected chi connectivity index (χ1v) is 5.53. The summed E-state index contributed by atoms with van der Waals surface area (Å²) in [4.78, 5) is 0. The lowest BCUT2D eigenvalue weighted by Crippen LogP contribution is -2.27. The molecule has 0 bridgehead atoms. The maximum Gasteiger partial charge on any atom is -0.00463 e. The zero-order chi connectivity index (χ0) is 8.81. The van der Waals surface area contributed by atoms with Gasteiger partial charge in [-0.25, -0.2) is 0 Å². The summed E-state index contributed by atoms with van der Waals surface area (Å²) in [6, 6.07) is 0. The Kier molecular flexibility index (Phi) is 4.67. The maximum atomic E-state index is 3.42. The Hall–Kier alpha value is -0.0400. The Morgan fingerprint density at radius 2 is 2.00 bits per heavy atom. The third-order valence-corrected chi connectivity index (χ3v) is 3.22. The Morgan fingerprint density at radius 1 is 1.33 bits per heavy atom. The normalized spacial score (nSPS) is 22.5. The maximum absolute atomic E-state index is 3.42. The van der Waals surface area contributed by atoms with E-state index in [2.05, 4.69) is 19.2 Å². The molecule has 1 unspecified atom stereocenters. The van der Waals surface area contributed by atoms with E-state index < -0.39 is 0 Å². The summed E-state index contributed by atoms with van der Waals surface area (Å²) in [5, 5.41) is 3.42. The molecule has 1 N–H and O–H groups in total. The van der Waals surface area contributed by atoms with Crippen molar-refractivity contribution in [2.45, 2.75) is 46.0 Å². The van der Waals surface area contributed by atoms with Crippen LogP contribution in [0.4, 0.5) is 0 Å². The van der Waals surface area contributed by atoms with Gasteiger partial charge in [0.1, 0.15) is 0 Å². The highest BCUT2D eigenvalue weighted by molar-refractivity contribution is 4.69. The molecule has 72 valence electrons. The fraction of sp³-hybridized carbons (Fsp3) is 1.00. The second kappa shape index (κ2) is 5.58. The number of rotatable bonds is 4. The first-order chi connectivity index (χ1) is 5.83. The van der Waals surface area contributed by atoms with Gasteiger partial charge in [-0.3, -0.25) is 0 Å². The van der Waals surface area contributed by atoms with Gasteiger partial charge in [0.25, 0.3) is 0 Å². The molecular weight excluding hydrogens is 146 g/mol. The topological polar surface area (TPSA) is 12.0 Å². The molecule has 1 aliphatic rings. The molecule has 1 fully saturated rings. The van der Waals surface area contributed by atoms with Crippen molar-refractivity contribution in [1.82, 2.24) is 5.32 Å².